The Morgan fingerprint density at radius 1 is 1.40 bits per heavy atom. The lowest BCUT2D eigenvalue weighted by atomic mass is 10.2. The fourth-order valence-corrected chi connectivity index (χ4v) is 4.14. The molecule has 5 nitrogen and oxygen atoms in total. The lowest BCUT2D eigenvalue weighted by Gasteiger charge is -2.37. The monoisotopic (exact) mass is 298 g/mol. The van der Waals surface area contributed by atoms with Gasteiger partial charge in [0.2, 0.25) is 10.0 Å². The molecule has 2 rings (SSSR count). The van der Waals surface area contributed by atoms with Gasteiger partial charge in [0, 0.05) is 19.6 Å². The van der Waals surface area contributed by atoms with E-state index >= 15 is 0 Å². The summed E-state index contributed by atoms with van der Waals surface area (Å²) < 4.78 is 32.3. The average molecular weight is 298 g/mol. The van der Waals surface area contributed by atoms with Gasteiger partial charge in [0.1, 0.15) is 5.75 Å². The Bertz CT molecular complexity index is 568. The zero-order valence-electron chi connectivity index (χ0n) is 12.2. The Morgan fingerprint density at radius 2 is 2.10 bits per heavy atom. The fraction of sp³-hybridized carbons (Fsp3) is 0.571. The predicted molar refractivity (Wildman–Crippen MR) is 78.6 cm³/mol. The molecule has 6 heteroatoms. The summed E-state index contributed by atoms with van der Waals surface area (Å²) in [7, 11) is -1.85. The quantitative estimate of drug-likeness (QED) is 0.862. The largest absolute Gasteiger partial charge is 0.496 e. The van der Waals surface area contributed by atoms with Crippen molar-refractivity contribution in [1.29, 1.82) is 0 Å². The minimum absolute atomic E-state index is 0.0716. The van der Waals surface area contributed by atoms with Gasteiger partial charge >= 0.3 is 0 Å². The third-order valence-electron chi connectivity index (χ3n) is 3.58. The van der Waals surface area contributed by atoms with Gasteiger partial charge in [-0.2, -0.15) is 4.31 Å². The molecule has 0 unspecified atom stereocenters. The summed E-state index contributed by atoms with van der Waals surface area (Å²) in [5, 5.41) is 3.13. The number of benzene rings is 1. The first-order chi connectivity index (χ1) is 9.50. The molecule has 0 radical (unpaired) electrons. The van der Waals surface area contributed by atoms with Crippen LogP contribution in [-0.2, 0) is 10.0 Å². The summed E-state index contributed by atoms with van der Waals surface area (Å²) in [4.78, 5) is 0.344. The van der Waals surface area contributed by atoms with E-state index in [9.17, 15) is 8.42 Å². The first-order valence-electron chi connectivity index (χ1n) is 6.88. The summed E-state index contributed by atoms with van der Waals surface area (Å²) in [6.07, 6.45) is 0.810. The molecule has 1 saturated heterocycles. The molecule has 0 aliphatic carbocycles. The third kappa shape index (κ3) is 2.82. The van der Waals surface area contributed by atoms with Crippen LogP contribution in [0.2, 0.25) is 0 Å². The minimum atomic E-state index is -3.43. The smallest absolute Gasteiger partial charge is 0.243 e. The van der Waals surface area contributed by atoms with Crippen molar-refractivity contribution in [2.24, 2.45) is 0 Å². The molecule has 0 aromatic heterocycles. The number of sulfonamides is 1. The minimum Gasteiger partial charge on any atom is -0.496 e. The summed E-state index contributed by atoms with van der Waals surface area (Å²) >= 11 is 0. The molecule has 0 spiro atoms. The van der Waals surface area contributed by atoms with E-state index < -0.39 is 10.0 Å². The summed E-state index contributed by atoms with van der Waals surface area (Å²) in [6, 6.07) is 5.09. The number of nitrogens with one attached hydrogen (secondary N) is 1. The summed E-state index contributed by atoms with van der Waals surface area (Å²) in [6.45, 7) is 5.86. The predicted octanol–water partition coefficient (Wildman–Crippen LogP) is 1.38. The van der Waals surface area contributed by atoms with Gasteiger partial charge in [-0.1, -0.05) is 6.92 Å². The number of ether oxygens (including phenoxy) is 1. The van der Waals surface area contributed by atoms with E-state index in [1.807, 2.05) is 13.8 Å². The molecule has 20 heavy (non-hydrogen) atoms. The highest BCUT2D eigenvalue weighted by atomic mass is 32.2. The third-order valence-corrected chi connectivity index (χ3v) is 5.53. The first-order valence-corrected chi connectivity index (χ1v) is 8.32. The van der Waals surface area contributed by atoms with Crippen LogP contribution in [0.5, 0.6) is 5.75 Å². The molecule has 1 aromatic carbocycles. The Balaban J connectivity index is 2.34. The van der Waals surface area contributed by atoms with Crippen LogP contribution in [0.15, 0.2) is 23.1 Å². The van der Waals surface area contributed by atoms with Gasteiger partial charge < -0.3 is 10.1 Å². The number of hydrogen-bond acceptors (Lipinski definition) is 4. The van der Waals surface area contributed by atoms with Crippen molar-refractivity contribution in [3.63, 3.8) is 0 Å². The molecule has 1 aliphatic heterocycles. The van der Waals surface area contributed by atoms with Crippen LogP contribution < -0.4 is 10.1 Å². The number of hydrogen-bond donors (Lipinski definition) is 1. The molecule has 0 atom stereocenters. The lowest BCUT2D eigenvalue weighted by molar-refractivity contribution is 0.242. The molecule has 0 saturated carbocycles. The summed E-state index contributed by atoms with van der Waals surface area (Å²) in [5.74, 6) is 0.705. The van der Waals surface area contributed by atoms with E-state index in [4.69, 9.17) is 4.74 Å². The fourth-order valence-electron chi connectivity index (χ4n) is 2.34. The van der Waals surface area contributed by atoms with Crippen LogP contribution in [-0.4, -0.2) is 45.5 Å². The second kappa shape index (κ2) is 6.11. The molecule has 0 amide bonds. The second-order valence-corrected chi connectivity index (χ2v) is 6.95. The second-order valence-electron chi connectivity index (χ2n) is 5.06. The van der Waals surface area contributed by atoms with Crippen LogP contribution in [0, 0.1) is 6.92 Å². The van der Waals surface area contributed by atoms with Crippen molar-refractivity contribution < 1.29 is 13.2 Å². The highest BCUT2D eigenvalue weighted by molar-refractivity contribution is 7.89. The number of aryl methyl sites for hydroxylation is 1. The van der Waals surface area contributed by atoms with E-state index in [-0.39, 0.29) is 6.04 Å². The standard InChI is InChI=1S/C14H22N2O3S/c1-4-7-16(12-9-15-10-12)20(17,18)13-5-6-14(19-3)11(2)8-13/h5-6,8,12,15H,4,7,9-10H2,1-3H3. The Hall–Kier alpha value is -1.11. The molecule has 1 aliphatic rings. The van der Waals surface area contributed by atoms with E-state index in [1.54, 1.807) is 29.6 Å². The maximum atomic E-state index is 12.8. The molecule has 0 bridgehead atoms. The van der Waals surface area contributed by atoms with Crippen molar-refractivity contribution in [1.82, 2.24) is 9.62 Å². The maximum Gasteiger partial charge on any atom is 0.243 e. The molecule has 1 heterocycles. The highest BCUT2D eigenvalue weighted by Crippen LogP contribution is 2.25. The highest BCUT2D eigenvalue weighted by Gasteiger charge is 2.34. The van der Waals surface area contributed by atoms with Gasteiger partial charge in [-0.3, -0.25) is 0 Å². The molecular weight excluding hydrogens is 276 g/mol. The normalized spacial score (nSPS) is 16.2. The van der Waals surface area contributed by atoms with Crippen molar-refractivity contribution in [3.05, 3.63) is 23.8 Å². The van der Waals surface area contributed by atoms with Crippen LogP contribution in [0.1, 0.15) is 18.9 Å². The van der Waals surface area contributed by atoms with Gasteiger partial charge in [-0.25, -0.2) is 8.42 Å². The van der Waals surface area contributed by atoms with Crippen LogP contribution >= 0.6 is 0 Å². The molecule has 112 valence electrons. The SMILES string of the molecule is CCCN(C1CNC1)S(=O)(=O)c1ccc(OC)c(C)c1. The van der Waals surface area contributed by atoms with Crippen molar-refractivity contribution >= 4 is 10.0 Å². The first kappa shape index (κ1) is 15.3. The number of methoxy groups -OCH3 is 1. The van der Waals surface area contributed by atoms with Crippen LogP contribution in [0.3, 0.4) is 0 Å². The van der Waals surface area contributed by atoms with Gasteiger partial charge in [-0.15, -0.1) is 0 Å². The Kier molecular flexibility index (Phi) is 4.67. The van der Waals surface area contributed by atoms with Crippen molar-refractivity contribution in [2.45, 2.75) is 31.2 Å². The van der Waals surface area contributed by atoms with E-state index in [1.165, 1.54) is 0 Å². The molecule has 1 aromatic rings. The lowest BCUT2D eigenvalue weighted by Crippen LogP contribution is -2.58. The summed E-state index contributed by atoms with van der Waals surface area (Å²) in [5.41, 5.74) is 0.830. The van der Waals surface area contributed by atoms with Gasteiger partial charge in [0.15, 0.2) is 0 Å². The van der Waals surface area contributed by atoms with Crippen LogP contribution in [0.4, 0.5) is 0 Å². The molecular formula is C14H22N2O3S. The van der Waals surface area contributed by atoms with E-state index in [2.05, 4.69) is 5.32 Å². The Labute approximate surface area is 121 Å². The maximum absolute atomic E-state index is 12.8. The molecule has 1 fully saturated rings. The van der Waals surface area contributed by atoms with Gasteiger partial charge in [0.05, 0.1) is 18.0 Å². The van der Waals surface area contributed by atoms with Crippen molar-refractivity contribution in [2.75, 3.05) is 26.7 Å². The van der Waals surface area contributed by atoms with Gasteiger partial charge in [-0.05, 0) is 37.1 Å². The number of rotatable bonds is 6. The zero-order chi connectivity index (χ0) is 14.8. The molecule has 1 N–H and O–H groups in total. The van der Waals surface area contributed by atoms with Crippen LogP contribution in [0.25, 0.3) is 0 Å². The Morgan fingerprint density at radius 3 is 2.55 bits per heavy atom. The number of nitrogens with zero attached hydrogens (tertiary/aromatic N) is 1. The van der Waals surface area contributed by atoms with Crippen molar-refractivity contribution in [3.8, 4) is 5.75 Å². The topological polar surface area (TPSA) is 58.6 Å². The van der Waals surface area contributed by atoms with E-state index in [0.717, 1.165) is 25.1 Å². The van der Waals surface area contributed by atoms with Gasteiger partial charge in [0.25, 0.3) is 0 Å². The average Bonchev–Trinajstić information content (AvgIpc) is 2.36. The van der Waals surface area contributed by atoms with E-state index in [0.29, 0.717) is 17.2 Å². The zero-order valence-corrected chi connectivity index (χ0v) is 13.0.